The van der Waals surface area contributed by atoms with Crippen LogP contribution in [0.5, 0.6) is 5.75 Å². The van der Waals surface area contributed by atoms with E-state index in [-0.39, 0.29) is 11.8 Å². The number of rotatable bonds is 4. The molecule has 1 N–H and O–H groups in total. The van der Waals surface area contributed by atoms with Gasteiger partial charge in [0.05, 0.1) is 9.83 Å². The smallest absolute Gasteiger partial charge is 0.406 e. The van der Waals surface area contributed by atoms with E-state index in [1.165, 1.54) is 23.5 Å². The second kappa shape index (κ2) is 6.68. The van der Waals surface area contributed by atoms with Crippen LogP contribution in [0.4, 0.5) is 13.2 Å². The van der Waals surface area contributed by atoms with E-state index < -0.39 is 6.36 Å². The first-order valence-electron chi connectivity index (χ1n) is 5.78. The van der Waals surface area contributed by atoms with Crippen LogP contribution in [0.15, 0.2) is 38.6 Å². The second-order valence-electron chi connectivity index (χ2n) is 4.11. The Kier molecular flexibility index (Phi) is 5.34. The summed E-state index contributed by atoms with van der Waals surface area (Å²) in [5.74, 6) is -0.227. The van der Waals surface area contributed by atoms with Gasteiger partial charge in [-0.05, 0) is 62.7 Å². The van der Waals surface area contributed by atoms with Gasteiger partial charge in [-0.25, -0.2) is 0 Å². The van der Waals surface area contributed by atoms with Crippen molar-refractivity contribution in [3.8, 4) is 5.75 Å². The number of alkyl halides is 3. The molecule has 21 heavy (non-hydrogen) atoms. The van der Waals surface area contributed by atoms with Crippen LogP contribution in [-0.2, 0) is 0 Å². The SMILES string of the molecule is CNC(c1cccc(OC(F)(F)F)c1)c1cc(Br)c(Br)s1. The summed E-state index contributed by atoms with van der Waals surface area (Å²) in [5, 5.41) is 3.10. The molecular weight excluding hydrogens is 435 g/mol. The summed E-state index contributed by atoms with van der Waals surface area (Å²) in [5.41, 5.74) is 0.695. The first-order valence-corrected chi connectivity index (χ1v) is 8.18. The van der Waals surface area contributed by atoms with E-state index in [4.69, 9.17) is 0 Å². The molecule has 0 amide bonds. The predicted octanol–water partition coefficient (Wildman–Crippen LogP) is 5.48. The van der Waals surface area contributed by atoms with Crippen LogP contribution in [0.1, 0.15) is 16.5 Å². The van der Waals surface area contributed by atoms with Crippen LogP contribution in [0.3, 0.4) is 0 Å². The highest BCUT2D eigenvalue weighted by Crippen LogP contribution is 2.38. The zero-order valence-electron chi connectivity index (χ0n) is 10.7. The minimum absolute atomic E-state index is 0.214. The van der Waals surface area contributed by atoms with Gasteiger partial charge in [0.25, 0.3) is 0 Å². The topological polar surface area (TPSA) is 21.3 Å². The molecule has 0 saturated carbocycles. The Labute approximate surface area is 140 Å². The third-order valence-electron chi connectivity index (χ3n) is 2.66. The van der Waals surface area contributed by atoms with Gasteiger partial charge in [0.15, 0.2) is 0 Å². The highest BCUT2D eigenvalue weighted by atomic mass is 79.9. The Balaban J connectivity index is 2.32. The van der Waals surface area contributed by atoms with Crippen LogP contribution >= 0.6 is 43.2 Å². The number of thiophene rings is 1. The number of ether oxygens (including phenoxy) is 1. The molecule has 2 nitrogen and oxygen atoms in total. The fraction of sp³-hybridized carbons (Fsp3) is 0.231. The van der Waals surface area contributed by atoms with Crippen molar-refractivity contribution in [2.24, 2.45) is 0 Å². The summed E-state index contributed by atoms with van der Waals surface area (Å²) in [6.45, 7) is 0. The highest BCUT2D eigenvalue weighted by Gasteiger charge is 2.31. The summed E-state index contributed by atoms with van der Waals surface area (Å²) >= 11 is 8.32. The molecule has 0 saturated heterocycles. The number of benzene rings is 1. The molecule has 0 aliphatic rings. The van der Waals surface area contributed by atoms with Gasteiger partial charge in [-0.2, -0.15) is 0 Å². The van der Waals surface area contributed by atoms with E-state index in [9.17, 15) is 13.2 Å². The van der Waals surface area contributed by atoms with Crippen LogP contribution in [0.2, 0.25) is 0 Å². The standard InChI is InChI=1S/C13H10Br2F3NOS/c1-19-11(10-6-9(14)12(15)21-10)7-3-2-4-8(5-7)20-13(16,17)18/h2-6,11,19H,1H3. The Hall–Kier alpha value is -0.570. The van der Waals surface area contributed by atoms with Gasteiger partial charge in [-0.15, -0.1) is 24.5 Å². The van der Waals surface area contributed by atoms with Crippen LogP contribution in [0, 0.1) is 0 Å². The molecular formula is C13H10Br2F3NOS. The zero-order chi connectivity index (χ0) is 15.6. The molecule has 1 heterocycles. The Bertz CT molecular complexity index is 611. The van der Waals surface area contributed by atoms with Crippen molar-refractivity contribution in [3.63, 3.8) is 0 Å². The van der Waals surface area contributed by atoms with Crippen molar-refractivity contribution < 1.29 is 17.9 Å². The van der Waals surface area contributed by atoms with Crippen molar-refractivity contribution in [2.45, 2.75) is 12.4 Å². The van der Waals surface area contributed by atoms with Gasteiger partial charge in [-0.3, -0.25) is 0 Å². The van der Waals surface area contributed by atoms with E-state index >= 15 is 0 Å². The molecule has 2 rings (SSSR count). The summed E-state index contributed by atoms with van der Waals surface area (Å²) in [4.78, 5) is 0.973. The first-order chi connectivity index (χ1) is 9.80. The molecule has 0 bridgehead atoms. The lowest BCUT2D eigenvalue weighted by Crippen LogP contribution is -2.19. The maximum atomic E-state index is 12.3. The average Bonchev–Trinajstić information content (AvgIpc) is 2.68. The second-order valence-corrected chi connectivity index (χ2v) is 7.37. The normalized spacial score (nSPS) is 13.2. The van der Waals surface area contributed by atoms with Gasteiger partial charge < -0.3 is 10.1 Å². The lowest BCUT2D eigenvalue weighted by Gasteiger charge is -2.16. The summed E-state index contributed by atoms with van der Waals surface area (Å²) < 4.78 is 42.7. The molecule has 0 fully saturated rings. The molecule has 8 heteroatoms. The van der Waals surface area contributed by atoms with Crippen LogP contribution in [0.25, 0.3) is 0 Å². The fourth-order valence-electron chi connectivity index (χ4n) is 1.87. The Morgan fingerprint density at radius 3 is 2.48 bits per heavy atom. The van der Waals surface area contributed by atoms with E-state index in [0.717, 1.165) is 13.1 Å². The van der Waals surface area contributed by atoms with E-state index in [1.807, 2.05) is 6.07 Å². The highest BCUT2D eigenvalue weighted by molar-refractivity contribution is 9.13. The maximum Gasteiger partial charge on any atom is 0.573 e. The zero-order valence-corrected chi connectivity index (χ0v) is 14.7. The monoisotopic (exact) mass is 443 g/mol. The van der Waals surface area contributed by atoms with Crippen molar-refractivity contribution in [1.82, 2.24) is 5.32 Å². The Morgan fingerprint density at radius 1 is 1.24 bits per heavy atom. The maximum absolute atomic E-state index is 12.3. The van der Waals surface area contributed by atoms with Crippen molar-refractivity contribution >= 4 is 43.2 Å². The van der Waals surface area contributed by atoms with Gasteiger partial charge >= 0.3 is 6.36 Å². The number of nitrogens with one attached hydrogen (secondary N) is 1. The molecule has 2 aromatic rings. The lowest BCUT2D eigenvalue weighted by molar-refractivity contribution is -0.274. The van der Waals surface area contributed by atoms with Crippen molar-refractivity contribution in [3.05, 3.63) is 49.0 Å². The average molecular weight is 445 g/mol. The third kappa shape index (κ3) is 4.45. The summed E-state index contributed by atoms with van der Waals surface area (Å²) in [6.07, 6.45) is -4.69. The van der Waals surface area contributed by atoms with Crippen LogP contribution < -0.4 is 10.1 Å². The van der Waals surface area contributed by atoms with Gasteiger partial charge in [0.2, 0.25) is 0 Å². The number of hydrogen-bond donors (Lipinski definition) is 1. The first kappa shape index (κ1) is 16.8. The molecule has 1 aromatic carbocycles. The minimum Gasteiger partial charge on any atom is -0.406 e. The van der Waals surface area contributed by atoms with Gasteiger partial charge in [0, 0.05) is 9.35 Å². The van der Waals surface area contributed by atoms with E-state index in [1.54, 1.807) is 19.2 Å². The summed E-state index contributed by atoms with van der Waals surface area (Å²) in [6, 6.07) is 7.67. The molecule has 0 spiro atoms. The molecule has 1 aromatic heterocycles. The largest absolute Gasteiger partial charge is 0.573 e. The molecule has 0 aliphatic carbocycles. The third-order valence-corrected chi connectivity index (χ3v) is 5.98. The minimum atomic E-state index is -4.69. The van der Waals surface area contributed by atoms with Crippen LogP contribution in [-0.4, -0.2) is 13.4 Å². The fourth-order valence-corrected chi connectivity index (χ4v) is 4.10. The van der Waals surface area contributed by atoms with Crippen molar-refractivity contribution in [1.29, 1.82) is 0 Å². The van der Waals surface area contributed by atoms with Crippen molar-refractivity contribution in [2.75, 3.05) is 7.05 Å². The van der Waals surface area contributed by atoms with Gasteiger partial charge in [0.1, 0.15) is 5.75 Å². The molecule has 0 radical (unpaired) electrons. The molecule has 1 atom stereocenters. The van der Waals surface area contributed by atoms with E-state index in [0.29, 0.717) is 5.56 Å². The lowest BCUT2D eigenvalue weighted by atomic mass is 10.1. The molecule has 0 aliphatic heterocycles. The quantitative estimate of drug-likeness (QED) is 0.674. The van der Waals surface area contributed by atoms with Gasteiger partial charge in [-0.1, -0.05) is 12.1 Å². The molecule has 114 valence electrons. The Morgan fingerprint density at radius 2 is 1.95 bits per heavy atom. The van der Waals surface area contributed by atoms with E-state index in [2.05, 4.69) is 41.9 Å². The number of halogens is 5. The summed E-state index contributed by atoms with van der Waals surface area (Å²) in [7, 11) is 1.75. The number of hydrogen-bond acceptors (Lipinski definition) is 3. The predicted molar refractivity (Wildman–Crippen MR) is 83.7 cm³/mol. The molecule has 1 unspecified atom stereocenters.